The van der Waals surface area contributed by atoms with Crippen molar-refractivity contribution in [2.75, 3.05) is 26.3 Å². The average Bonchev–Trinajstić information content (AvgIpc) is 2.37. The van der Waals surface area contributed by atoms with Crippen molar-refractivity contribution >= 4 is 5.91 Å². The molecule has 1 saturated carbocycles. The number of amides is 1. The van der Waals surface area contributed by atoms with Gasteiger partial charge in [-0.05, 0) is 31.7 Å². The van der Waals surface area contributed by atoms with Crippen LogP contribution in [-0.2, 0) is 9.53 Å². The molecule has 1 fully saturated rings. The molecule has 0 bridgehead atoms. The Morgan fingerprint density at radius 1 is 1.35 bits per heavy atom. The third-order valence-corrected chi connectivity index (χ3v) is 3.54. The highest BCUT2D eigenvalue weighted by atomic mass is 19.4. The van der Waals surface area contributed by atoms with Gasteiger partial charge in [0.2, 0.25) is 5.91 Å². The zero-order valence-corrected chi connectivity index (χ0v) is 11.5. The average molecular weight is 296 g/mol. The molecule has 2 atom stereocenters. The zero-order valence-electron chi connectivity index (χ0n) is 11.5. The summed E-state index contributed by atoms with van der Waals surface area (Å²) in [6.45, 7) is -0.646. The van der Waals surface area contributed by atoms with Crippen molar-refractivity contribution in [3.8, 4) is 0 Å². The van der Waals surface area contributed by atoms with E-state index in [1.54, 1.807) is 0 Å². The molecule has 0 aromatic rings. The van der Waals surface area contributed by atoms with Crippen LogP contribution in [0.5, 0.6) is 0 Å². The van der Waals surface area contributed by atoms with Crippen LogP contribution in [0.15, 0.2) is 0 Å². The SMILES string of the molecule is NCCC1CCCC(C(=O)NCCOCC(F)(F)F)C1. The van der Waals surface area contributed by atoms with Crippen molar-refractivity contribution in [2.45, 2.75) is 38.3 Å². The van der Waals surface area contributed by atoms with Gasteiger partial charge in [0.05, 0.1) is 6.61 Å². The van der Waals surface area contributed by atoms with Crippen molar-refractivity contribution in [1.82, 2.24) is 5.32 Å². The molecule has 4 nitrogen and oxygen atoms in total. The second-order valence-electron chi connectivity index (χ2n) is 5.27. The number of ether oxygens (including phenoxy) is 1. The minimum atomic E-state index is -4.32. The van der Waals surface area contributed by atoms with Crippen LogP contribution in [0.1, 0.15) is 32.1 Å². The summed E-state index contributed by atoms with van der Waals surface area (Å²) in [4.78, 5) is 11.9. The van der Waals surface area contributed by atoms with Crippen LogP contribution in [-0.4, -0.2) is 38.4 Å². The maximum absolute atomic E-state index is 11.9. The van der Waals surface area contributed by atoms with Gasteiger partial charge in [-0.1, -0.05) is 12.8 Å². The highest BCUT2D eigenvalue weighted by Crippen LogP contribution is 2.30. The molecular formula is C13H23F3N2O2. The van der Waals surface area contributed by atoms with Gasteiger partial charge in [-0.2, -0.15) is 13.2 Å². The Hall–Kier alpha value is -0.820. The predicted octanol–water partition coefficient (Wildman–Crippen LogP) is 1.84. The van der Waals surface area contributed by atoms with Gasteiger partial charge in [-0.3, -0.25) is 4.79 Å². The predicted molar refractivity (Wildman–Crippen MR) is 69.0 cm³/mol. The second-order valence-corrected chi connectivity index (χ2v) is 5.27. The van der Waals surface area contributed by atoms with E-state index in [2.05, 4.69) is 10.1 Å². The summed E-state index contributed by atoms with van der Waals surface area (Å²) in [6.07, 6.45) is 0.396. The quantitative estimate of drug-likeness (QED) is 0.705. The van der Waals surface area contributed by atoms with Crippen molar-refractivity contribution in [3.63, 3.8) is 0 Å². The van der Waals surface area contributed by atoms with E-state index in [1.165, 1.54) is 0 Å². The fraction of sp³-hybridized carbons (Fsp3) is 0.923. The van der Waals surface area contributed by atoms with Gasteiger partial charge in [-0.15, -0.1) is 0 Å². The molecule has 2 unspecified atom stereocenters. The van der Waals surface area contributed by atoms with Crippen molar-refractivity contribution < 1.29 is 22.7 Å². The number of halogens is 3. The molecule has 0 spiro atoms. The number of carbonyl (C=O) groups is 1. The third-order valence-electron chi connectivity index (χ3n) is 3.54. The molecule has 1 amide bonds. The molecule has 7 heteroatoms. The topological polar surface area (TPSA) is 64.4 Å². The molecule has 0 aromatic heterocycles. The van der Waals surface area contributed by atoms with E-state index in [9.17, 15) is 18.0 Å². The minimum absolute atomic E-state index is 0.0390. The van der Waals surface area contributed by atoms with Crippen molar-refractivity contribution in [2.24, 2.45) is 17.6 Å². The monoisotopic (exact) mass is 296 g/mol. The fourth-order valence-corrected chi connectivity index (χ4v) is 2.61. The van der Waals surface area contributed by atoms with E-state index < -0.39 is 12.8 Å². The number of nitrogens with one attached hydrogen (secondary N) is 1. The lowest BCUT2D eigenvalue weighted by Crippen LogP contribution is -2.36. The van der Waals surface area contributed by atoms with Crippen molar-refractivity contribution in [3.05, 3.63) is 0 Å². The second kappa shape index (κ2) is 8.46. The molecule has 20 heavy (non-hydrogen) atoms. The molecule has 0 radical (unpaired) electrons. The molecule has 1 aliphatic carbocycles. The third kappa shape index (κ3) is 7.09. The van der Waals surface area contributed by atoms with Gasteiger partial charge in [0.25, 0.3) is 0 Å². The van der Waals surface area contributed by atoms with Crippen LogP contribution in [0.25, 0.3) is 0 Å². The molecule has 0 aliphatic heterocycles. The van der Waals surface area contributed by atoms with Crippen LogP contribution in [0.3, 0.4) is 0 Å². The van der Waals surface area contributed by atoms with Gasteiger partial charge in [0.1, 0.15) is 6.61 Å². The maximum atomic E-state index is 11.9. The summed E-state index contributed by atoms with van der Waals surface area (Å²) in [6, 6.07) is 0. The van der Waals surface area contributed by atoms with E-state index in [1.807, 2.05) is 0 Å². The van der Waals surface area contributed by atoms with Gasteiger partial charge in [0.15, 0.2) is 0 Å². The van der Waals surface area contributed by atoms with Gasteiger partial charge < -0.3 is 15.8 Å². The van der Waals surface area contributed by atoms with Crippen molar-refractivity contribution in [1.29, 1.82) is 0 Å². The van der Waals surface area contributed by atoms with Gasteiger partial charge >= 0.3 is 6.18 Å². The van der Waals surface area contributed by atoms with Gasteiger partial charge in [0, 0.05) is 12.5 Å². The Morgan fingerprint density at radius 2 is 2.10 bits per heavy atom. The molecule has 118 valence electrons. The number of alkyl halides is 3. The fourth-order valence-electron chi connectivity index (χ4n) is 2.61. The Morgan fingerprint density at radius 3 is 2.75 bits per heavy atom. The van der Waals surface area contributed by atoms with Crippen LogP contribution >= 0.6 is 0 Å². The van der Waals surface area contributed by atoms with Gasteiger partial charge in [-0.25, -0.2) is 0 Å². The van der Waals surface area contributed by atoms with Crippen LogP contribution in [0, 0.1) is 11.8 Å². The van der Waals surface area contributed by atoms with Crippen LogP contribution in [0.2, 0.25) is 0 Å². The molecule has 0 aromatic carbocycles. The largest absolute Gasteiger partial charge is 0.411 e. The summed E-state index contributed by atoms with van der Waals surface area (Å²) in [5.41, 5.74) is 5.52. The Kier molecular flexibility index (Phi) is 7.29. The Labute approximate surface area is 117 Å². The number of rotatable bonds is 7. The maximum Gasteiger partial charge on any atom is 0.411 e. The van der Waals surface area contributed by atoms with E-state index in [0.717, 1.165) is 32.1 Å². The summed E-state index contributed by atoms with van der Waals surface area (Å²) < 4.78 is 39.9. The molecule has 1 aliphatic rings. The molecule has 3 N–H and O–H groups in total. The first-order valence-corrected chi connectivity index (χ1v) is 7.04. The molecule has 1 rings (SSSR count). The van der Waals surface area contributed by atoms with Crippen LogP contribution < -0.4 is 11.1 Å². The normalized spacial score (nSPS) is 23.6. The van der Waals surface area contributed by atoms with E-state index in [0.29, 0.717) is 12.5 Å². The first-order chi connectivity index (χ1) is 9.42. The lowest BCUT2D eigenvalue weighted by Gasteiger charge is -2.28. The smallest absolute Gasteiger partial charge is 0.370 e. The number of carbonyl (C=O) groups excluding carboxylic acids is 1. The van der Waals surface area contributed by atoms with E-state index >= 15 is 0 Å². The lowest BCUT2D eigenvalue weighted by atomic mass is 9.79. The lowest BCUT2D eigenvalue weighted by molar-refractivity contribution is -0.173. The van der Waals surface area contributed by atoms with E-state index in [4.69, 9.17) is 5.73 Å². The number of hydrogen-bond donors (Lipinski definition) is 2. The zero-order chi connectivity index (χ0) is 15.0. The summed E-state index contributed by atoms with van der Waals surface area (Å²) in [7, 11) is 0. The molecule has 0 heterocycles. The summed E-state index contributed by atoms with van der Waals surface area (Å²) in [5, 5.41) is 2.64. The first-order valence-electron chi connectivity index (χ1n) is 7.04. The minimum Gasteiger partial charge on any atom is -0.370 e. The standard InChI is InChI=1S/C13H23F3N2O2/c14-13(15,16)9-20-7-6-18-12(19)11-3-1-2-10(8-11)4-5-17/h10-11H,1-9,17H2,(H,18,19). The van der Waals surface area contributed by atoms with Crippen LogP contribution in [0.4, 0.5) is 13.2 Å². The Bertz CT molecular complexity index is 296. The first kappa shape index (κ1) is 17.2. The van der Waals surface area contributed by atoms with E-state index in [-0.39, 0.29) is 25.0 Å². The Balaban J connectivity index is 2.15. The highest BCUT2D eigenvalue weighted by Gasteiger charge is 2.28. The number of hydrogen-bond acceptors (Lipinski definition) is 3. The summed E-state index contributed by atoms with van der Waals surface area (Å²) >= 11 is 0. The molecular weight excluding hydrogens is 273 g/mol. The highest BCUT2D eigenvalue weighted by molar-refractivity contribution is 5.78. The summed E-state index contributed by atoms with van der Waals surface area (Å²) in [5.74, 6) is 0.372. The molecule has 0 saturated heterocycles. The number of nitrogens with two attached hydrogens (primary N) is 1.